The van der Waals surface area contributed by atoms with Gasteiger partial charge in [0.1, 0.15) is 5.75 Å². The van der Waals surface area contributed by atoms with Gasteiger partial charge in [-0.1, -0.05) is 12.1 Å². The first-order valence-electron chi connectivity index (χ1n) is 5.62. The Balaban J connectivity index is 2.28. The van der Waals surface area contributed by atoms with Crippen LogP contribution in [0.3, 0.4) is 0 Å². The van der Waals surface area contributed by atoms with Gasteiger partial charge in [-0.25, -0.2) is 0 Å². The van der Waals surface area contributed by atoms with E-state index in [2.05, 4.69) is 25.6 Å². The largest absolute Gasteiger partial charge is 0.497 e. The highest BCUT2D eigenvalue weighted by Gasteiger charge is 2.34. The maximum absolute atomic E-state index is 5.91. The highest BCUT2D eigenvalue weighted by Crippen LogP contribution is 2.40. The summed E-state index contributed by atoms with van der Waals surface area (Å²) in [4.78, 5) is 0. The molecule has 0 bridgehead atoms. The molecule has 1 atom stereocenters. The van der Waals surface area contributed by atoms with Crippen LogP contribution < -0.4 is 4.74 Å². The molecule has 2 heteroatoms. The fourth-order valence-corrected chi connectivity index (χ4v) is 2.23. The lowest BCUT2D eigenvalue weighted by atomic mass is 9.90. The number of methoxy groups -OCH3 is 1. The standard InChI is InChI=1S/C14H18O2/c1-4-5-8-14(2)13-7-6-12(15-3)9-11(13)10-16-14/h4,6-7,9H,1,5,8,10H2,2-3H3. The Morgan fingerprint density at radius 3 is 3.06 bits per heavy atom. The quantitative estimate of drug-likeness (QED) is 0.721. The van der Waals surface area contributed by atoms with E-state index < -0.39 is 0 Å². The number of fused-ring (bicyclic) bond motifs is 1. The average Bonchev–Trinajstić information content (AvgIpc) is 2.65. The van der Waals surface area contributed by atoms with E-state index in [1.807, 2.05) is 12.1 Å². The molecule has 0 spiro atoms. The minimum Gasteiger partial charge on any atom is -0.497 e. The molecule has 0 aromatic heterocycles. The molecule has 1 aliphatic rings. The summed E-state index contributed by atoms with van der Waals surface area (Å²) >= 11 is 0. The second kappa shape index (κ2) is 4.30. The van der Waals surface area contributed by atoms with E-state index in [0.717, 1.165) is 18.6 Å². The molecule has 2 rings (SSSR count). The lowest BCUT2D eigenvalue weighted by molar-refractivity contribution is -0.0288. The van der Waals surface area contributed by atoms with Crippen LogP contribution in [0.4, 0.5) is 0 Å². The number of benzene rings is 1. The van der Waals surface area contributed by atoms with Gasteiger partial charge in [-0.2, -0.15) is 0 Å². The Kier molecular flexibility index (Phi) is 3.01. The van der Waals surface area contributed by atoms with Crippen molar-refractivity contribution in [1.82, 2.24) is 0 Å². The number of hydrogen-bond donors (Lipinski definition) is 0. The first-order chi connectivity index (χ1) is 7.69. The third kappa shape index (κ3) is 1.85. The van der Waals surface area contributed by atoms with Gasteiger partial charge < -0.3 is 9.47 Å². The lowest BCUT2D eigenvalue weighted by Crippen LogP contribution is -2.20. The summed E-state index contributed by atoms with van der Waals surface area (Å²) in [7, 11) is 1.69. The fourth-order valence-electron chi connectivity index (χ4n) is 2.23. The van der Waals surface area contributed by atoms with Gasteiger partial charge >= 0.3 is 0 Å². The van der Waals surface area contributed by atoms with Crippen molar-refractivity contribution in [1.29, 1.82) is 0 Å². The molecule has 0 saturated carbocycles. The van der Waals surface area contributed by atoms with Crippen LogP contribution in [-0.2, 0) is 16.9 Å². The van der Waals surface area contributed by atoms with Crippen molar-refractivity contribution in [3.63, 3.8) is 0 Å². The minimum atomic E-state index is -0.157. The van der Waals surface area contributed by atoms with E-state index in [1.54, 1.807) is 7.11 Å². The Morgan fingerprint density at radius 2 is 2.38 bits per heavy atom. The van der Waals surface area contributed by atoms with Crippen molar-refractivity contribution in [2.45, 2.75) is 32.0 Å². The van der Waals surface area contributed by atoms with E-state index in [9.17, 15) is 0 Å². The normalized spacial score (nSPS) is 22.9. The predicted molar refractivity (Wildman–Crippen MR) is 64.6 cm³/mol. The SMILES string of the molecule is C=CCCC1(C)OCc2cc(OC)ccc21. The molecule has 86 valence electrons. The molecule has 0 fully saturated rings. The maximum Gasteiger partial charge on any atom is 0.119 e. The summed E-state index contributed by atoms with van der Waals surface area (Å²) in [5, 5.41) is 0. The number of allylic oxidation sites excluding steroid dienone is 1. The number of ether oxygens (including phenoxy) is 2. The van der Waals surface area contributed by atoms with E-state index in [0.29, 0.717) is 6.61 Å². The molecule has 0 N–H and O–H groups in total. The van der Waals surface area contributed by atoms with Crippen LogP contribution in [0.25, 0.3) is 0 Å². The average molecular weight is 218 g/mol. The Hall–Kier alpha value is -1.28. The lowest BCUT2D eigenvalue weighted by Gasteiger charge is -2.24. The van der Waals surface area contributed by atoms with Crippen LogP contribution >= 0.6 is 0 Å². The van der Waals surface area contributed by atoms with Gasteiger partial charge in [-0.05, 0) is 43.0 Å². The van der Waals surface area contributed by atoms with Crippen LogP contribution in [0.2, 0.25) is 0 Å². The zero-order valence-corrected chi connectivity index (χ0v) is 9.95. The molecule has 2 nitrogen and oxygen atoms in total. The highest BCUT2D eigenvalue weighted by atomic mass is 16.5. The van der Waals surface area contributed by atoms with Crippen molar-refractivity contribution >= 4 is 0 Å². The monoisotopic (exact) mass is 218 g/mol. The van der Waals surface area contributed by atoms with Crippen LogP contribution in [-0.4, -0.2) is 7.11 Å². The third-order valence-corrected chi connectivity index (χ3v) is 3.25. The van der Waals surface area contributed by atoms with E-state index in [4.69, 9.17) is 9.47 Å². The molecule has 1 aromatic carbocycles. The summed E-state index contributed by atoms with van der Waals surface area (Å²) < 4.78 is 11.1. The van der Waals surface area contributed by atoms with Gasteiger partial charge in [0.05, 0.1) is 19.3 Å². The summed E-state index contributed by atoms with van der Waals surface area (Å²) in [6, 6.07) is 6.18. The number of hydrogen-bond acceptors (Lipinski definition) is 2. The number of rotatable bonds is 4. The van der Waals surface area contributed by atoms with E-state index >= 15 is 0 Å². The maximum atomic E-state index is 5.91. The smallest absolute Gasteiger partial charge is 0.119 e. The van der Waals surface area contributed by atoms with Crippen LogP contribution in [0.5, 0.6) is 5.75 Å². The molecule has 1 heterocycles. The van der Waals surface area contributed by atoms with E-state index in [-0.39, 0.29) is 5.60 Å². The predicted octanol–water partition coefficient (Wildman–Crippen LogP) is 3.41. The zero-order chi connectivity index (χ0) is 11.6. The molecule has 0 amide bonds. The molecule has 1 aromatic rings. The molecule has 1 unspecified atom stereocenters. The topological polar surface area (TPSA) is 18.5 Å². The summed E-state index contributed by atoms with van der Waals surface area (Å²) in [6.45, 7) is 6.59. The van der Waals surface area contributed by atoms with Gasteiger partial charge in [0.15, 0.2) is 0 Å². The summed E-state index contributed by atoms with van der Waals surface area (Å²) in [6.07, 6.45) is 3.90. The molecular weight excluding hydrogens is 200 g/mol. The van der Waals surface area contributed by atoms with Gasteiger partial charge in [0, 0.05) is 0 Å². The van der Waals surface area contributed by atoms with Gasteiger partial charge in [-0.15, -0.1) is 6.58 Å². The minimum absolute atomic E-state index is 0.157. The molecule has 0 aliphatic carbocycles. The first-order valence-corrected chi connectivity index (χ1v) is 5.62. The van der Waals surface area contributed by atoms with Crippen molar-refractivity contribution in [3.8, 4) is 5.75 Å². The molecule has 1 aliphatic heterocycles. The first kappa shape index (κ1) is 11.2. The second-order valence-corrected chi connectivity index (χ2v) is 4.37. The van der Waals surface area contributed by atoms with Crippen LogP contribution in [0.15, 0.2) is 30.9 Å². The zero-order valence-electron chi connectivity index (χ0n) is 9.95. The second-order valence-electron chi connectivity index (χ2n) is 4.37. The van der Waals surface area contributed by atoms with Gasteiger partial charge in [0.25, 0.3) is 0 Å². The van der Waals surface area contributed by atoms with Crippen molar-refractivity contribution in [3.05, 3.63) is 42.0 Å². The molecular formula is C14H18O2. The fraction of sp³-hybridized carbons (Fsp3) is 0.429. The van der Waals surface area contributed by atoms with Gasteiger partial charge in [0.2, 0.25) is 0 Å². The highest BCUT2D eigenvalue weighted by molar-refractivity contribution is 5.40. The van der Waals surface area contributed by atoms with Crippen molar-refractivity contribution in [2.75, 3.05) is 7.11 Å². The summed E-state index contributed by atoms with van der Waals surface area (Å²) in [5.74, 6) is 0.898. The Morgan fingerprint density at radius 1 is 1.56 bits per heavy atom. The van der Waals surface area contributed by atoms with Crippen LogP contribution in [0, 0.1) is 0 Å². The van der Waals surface area contributed by atoms with Gasteiger partial charge in [-0.3, -0.25) is 0 Å². The van der Waals surface area contributed by atoms with E-state index in [1.165, 1.54) is 11.1 Å². The molecule has 0 radical (unpaired) electrons. The summed E-state index contributed by atoms with van der Waals surface area (Å²) in [5.41, 5.74) is 2.37. The van der Waals surface area contributed by atoms with Crippen molar-refractivity contribution < 1.29 is 9.47 Å². The van der Waals surface area contributed by atoms with Crippen LogP contribution in [0.1, 0.15) is 30.9 Å². The molecule has 16 heavy (non-hydrogen) atoms. The Bertz CT molecular complexity index is 398. The van der Waals surface area contributed by atoms with Crippen molar-refractivity contribution in [2.24, 2.45) is 0 Å². The molecule has 0 saturated heterocycles. The third-order valence-electron chi connectivity index (χ3n) is 3.25. The Labute approximate surface area is 96.9 Å².